The van der Waals surface area contributed by atoms with Gasteiger partial charge in [-0.1, -0.05) is 17.7 Å². The average molecular weight is 357 g/mol. The molecule has 1 aliphatic heterocycles. The number of pyridine rings is 1. The van der Waals surface area contributed by atoms with Crippen LogP contribution in [0.15, 0.2) is 36.5 Å². The van der Waals surface area contributed by atoms with E-state index in [0.29, 0.717) is 16.3 Å². The van der Waals surface area contributed by atoms with Crippen LogP contribution in [0.4, 0.5) is 5.69 Å². The lowest BCUT2D eigenvalue weighted by molar-refractivity contribution is 0.0994. The van der Waals surface area contributed by atoms with Crippen LogP contribution in [0, 0.1) is 11.3 Å². The van der Waals surface area contributed by atoms with Gasteiger partial charge < -0.3 is 15.4 Å². The Bertz CT molecular complexity index is 826. The van der Waals surface area contributed by atoms with Gasteiger partial charge in [-0.25, -0.2) is 0 Å². The van der Waals surface area contributed by atoms with Crippen molar-refractivity contribution in [2.75, 3.05) is 18.0 Å². The third-order valence-electron chi connectivity index (χ3n) is 4.15. The molecule has 2 heterocycles. The molecule has 6 nitrogen and oxygen atoms in total. The fraction of sp³-hybridized carbons (Fsp3) is 0.278. The molecule has 2 N–H and O–H groups in total. The minimum atomic E-state index is -0.581. The Morgan fingerprint density at radius 3 is 2.80 bits per heavy atom. The van der Waals surface area contributed by atoms with Gasteiger partial charge in [0, 0.05) is 38.2 Å². The smallest absolute Gasteiger partial charge is 0.267 e. The number of para-hydroxylation sites is 1. The summed E-state index contributed by atoms with van der Waals surface area (Å²) in [7, 11) is 0. The maximum Gasteiger partial charge on any atom is 0.267 e. The van der Waals surface area contributed by atoms with Crippen molar-refractivity contribution < 1.29 is 9.53 Å². The molecule has 1 fully saturated rings. The Hall–Kier alpha value is -2.78. The highest BCUT2D eigenvalue weighted by molar-refractivity contribution is 6.33. The number of amides is 1. The third kappa shape index (κ3) is 3.83. The van der Waals surface area contributed by atoms with Gasteiger partial charge in [-0.15, -0.1) is 0 Å². The monoisotopic (exact) mass is 356 g/mol. The molecular formula is C18H17ClN4O2. The topological polar surface area (TPSA) is 92.2 Å². The summed E-state index contributed by atoms with van der Waals surface area (Å²) in [4.78, 5) is 17.2. The van der Waals surface area contributed by atoms with Crippen LogP contribution in [-0.2, 0) is 0 Å². The third-order valence-corrected chi connectivity index (χ3v) is 4.46. The summed E-state index contributed by atoms with van der Waals surface area (Å²) in [6.07, 6.45) is 3.09. The van der Waals surface area contributed by atoms with Crippen molar-refractivity contribution in [2.45, 2.75) is 18.9 Å². The maximum atomic E-state index is 11.2. The van der Waals surface area contributed by atoms with Gasteiger partial charge in [0.25, 0.3) is 5.91 Å². The van der Waals surface area contributed by atoms with Crippen molar-refractivity contribution in [3.63, 3.8) is 0 Å². The predicted octanol–water partition coefficient (Wildman–Crippen LogP) is 2.75. The number of nitrogens with two attached hydrogens (primary N) is 1. The molecule has 0 atom stereocenters. The highest BCUT2D eigenvalue weighted by Gasteiger charge is 2.24. The number of benzene rings is 1. The van der Waals surface area contributed by atoms with Gasteiger partial charge in [0.2, 0.25) is 0 Å². The number of carbonyl (C=O) groups excluding carboxylic acids is 1. The van der Waals surface area contributed by atoms with E-state index in [1.54, 1.807) is 30.3 Å². The zero-order valence-corrected chi connectivity index (χ0v) is 14.2. The maximum absolute atomic E-state index is 11.2. The summed E-state index contributed by atoms with van der Waals surface area (Å²) in [5.74, 6) is 0.000675. The number of anilines is 1. The van der Waals surface area contributed by atoms with Gasteiger partial charge in [-0.3, -0.25) is 9.78 Å². The van der Waals surface area contributed by atoms with Gasteiger partial charge >= 0.3 is 0 Å². The van der Waals surface area contributed by atoms with E-state index in [1.165, 1.54) is 6.20 Å². The minimum absolute atomic E-state index is 0.0207. The standard InChI is InChI=1S/C18H17ClN4O2/c19-15-3-1-2-12(11-20)17(15)23-8-5-13(6-9-23)25-14-4-7-22-16(10-14)18(21)24/h1-4,7,10,13H,5-6,8-9H2,(H2,21,24). The van der Waals surface area contributed by atoms with E-state index < -0.39 is 5.91 Å². The fourth-order valence-corrected chi connectivity index (χ4v) is 3.23. The van der Waals surface area contributed by atoms with E-state index in [2.05, 4.69) is 16.0 Å². The van der Waals surface area contributed by atoms with Gasteiger partial charge in [0.05, 0.1) is 16.3 Å². The SMILES string of the molecule is N#Cc1cccc(Cl)c1N1CCC(Oc2ccnc(C(N)=O)c2)CC1. The number of halogens is 1. The van der Waals surface area contributed by atoms with Crippen LogP contribution in [0.25, 0.3) is 0 Å². The molecule has 7 heteroatoms. The van der Waals surface area contributed by atoms with Crippen LogP contribution in [0.1, 0.15) is 28.9 Å². The van der Waals surface area contributed by atoms with Crippen molar-refractivity contribution in [2.24, 2.45) is 5.73 Å². The molecule has 0 radical (unpaired) electrons. The molecule has 3 rings (SSSR count). The first-order valence-corrected chi connectivity index (χ1v) is 8.32. The Labute approximate surface area is 150 Å². The quantitative estimate of drug-likeness (QED) is 0.909. The largest absolute Gasteiger partial charge is 0.490 e. The van der Waals surface area contributed by atoms with Crippen LogP contribution in [0.2, 0.25) is 5.02 Å². The number of nitriles is 1. The molecule has 0 spiro atoms. The number of rotatable bonds is 4. The first-order chi connectivity index (χ1) is 12.1. The number of hydrogen-bond donors (Lipinski definition) is 1. The highest BCUT2D eigenvalue weighted by Crippen LogP contribution is 2.32. The van der Waals surface area contributed by atoms with Crippen LogP contribution in [-0.4, -0.2) is 30.1 Å². The molecular weight excluding hydrogens is 340 g/mol. The predicted molar refractivity (Wildman–Crippen MR) is 94.8 cm³/mol. The summed E-state index contributed by atoms with van der Waals surface area (Å²) < 4.78 is 5.94. The van der Waals surface area contributed by atoms with Crippen LogP contribution in [0.5, 0.6) is 5.75 Å². The second kappa shape index (κ2) is 7.41. The second-order valence-corrected chi connectivity index (χ2v) is 6.20. The fourth-order valence-electron chi connectivity index (χ4n) is 2.94. The van der Waals surface area contributed by atoms with Crippen LogP contribution >= 0.6 is 11.6 Å². The number of piperidine rings is 1. The second-order valence-electron chi connectivity index (χ2n) is 5.79. The van der Waals surface area contributed by atoms with E-state index in [0.717, 1.165) is 31.6 Å². The van der Waals surface area contributed by atoms with Crippen molar-refractivity contribution in [3.05, 3.63) is 52.8 Å². The molecule has 0 aliphatic carbocycles. The number of aromatic nitrogens is 1. The van der Waals surface area contributed by atoms with E-state index in [9.17, 15) is 10.1 Å². The molecule has 0 unspecified atom stereocenters. The molecule has 25 heavy (non-hydrogen) atoms. The first kappa shape index (κ1) is 17.1. The number of primary amides is 1. The number of carbonyl (C=O) groups is 1. The Kier molecular flexibility index (Phi) is 5.05. The van der Waals surface area contributed by atoms with Crippen molar-refractivity contribution in [1.82, 2.24) is 4.98 Å². The molecule has 1 aromatic heterocycles. The lowest BCUT2D eigenvalue weighted by Gasteiger charge is -2.34. The van der Waals surface area contributed by atoms with Gasteiger partial charge in [-0.05, 0) is 18.2 Å². The summed E-state index contributed by atoms with van der Waals surface area (Å²) in [6.45, 7) is 1.47. The van der Waals surface area contributed by atoms with E-state index in [4.69, 9.17) is 22.1 Å². The zero-order valence-electron chi connectivity index (χ0n) is 13.5. The van der Waals surface area contributed by atoms with Crippen molar-refractivity contribution in [3.8, 4) is 11.8 Å². The summed E-state index contributed by atoms with van der Waals surface area (Å²) >= 11 is 6.28. The van der Waals surface area contributed by atoms with E-state index in [-0.39, 0.29) is 11.8 Å². The van der Waals surface area contributed by atoms with E-state index in [1.807, 2.05) is 0 Å². The van der Waals surface area contributed by atoms with Crippen LogP contribution in [0.3, 0.4) is 0 Å². The minimum Gasteiger partial charge on any atom is -0.490 e. The number of ether oxygens (including phenoxy) is 1. The molecule has 2 aromatic rings. The molecule has 0 bridgehead atoms. The van der Waals surface area contributed by atoms with E-state index >= 15 is 0 Å². The molecule has 1 aliphatic rings. The molecule has 0 saturated carbocycles. The summed E-state index contributed by atoms with van der Waals surface area (Å²) in [6, 6.07) is 10.8. The van der Waals surface area contributed by atoms with Crippen LogP contribution < -0.4 is 15.4 Å². The number of hydrogen-bond acceptors (Lipinski definition) is 5. The summed E-state index contributed by atoms with van der Waals surface area (Å²) in [5.41, 5.74) is 6.78. The lowest BCUT2D eigenvalue weighted by atomic mass is 10.0. The zero-order chi connectivity index (χ0) is 17.8. The average Bonchev–Trinajstić information content (AvgIpc) is 2.62. The number of nitrogens with zero attached hydrogens (tertiary/aromatic N) is 3. The Balaban J connectivity index is 1.66. The Morgan fingerprint density at radius 1 is 1.36 bits per heavy atom. The molecule has 1 saturated heterocycles. The van der Waals surface area contributed by atoms with Crippen molar-refractivity contribution >= 4 is 23.2 Å². The lowest BCUT2D eigenvalue weighted by Crippen LogP contribution is -2.38. The normalized spacial score (nSPS) is 14.8. The molecule has 1 aromatic carbocycles. The Morgan fingerprint density at radius 2 is 2.12 bits per heavy atom. The van der Waals surface area contributed by atoms with Gasteiger partial charge in [0.1, 0.15) is 23.6 Å². The molecule has 1 amide bonds. The molecule has 128 valence electrons. The van der Waals surface area contributed by atoms with Gasteiger partial charge in [0.15, 0.2) is 0 Å². The van der Waals surface area contributed by atoms with Gasteiger partial charge in [-0.2, -0.15) is 5.26 Å². The summed E-state index contributed by atoms with van der Waals surface area (Å²) in [5, 5.41) is 9.87. The van der Waals surface area contributed by atoms with Crippen molar-refractivity contribution in [1.29, 1.82) is 5.26 Å². The highest BCUT2D eigenvalue weighted by atomic mass is 35.5. The first-order valence-electron chi connectivity index (χ1n) is 7.94.